The third-order valence-corrected chi connectivity index (χ3v) is 4.42. The molecule has 0 fully saturated rings. The lowest BCUT2D eigenvalue weighted by atomic mass is 10.2. The summed E-state index contributed by atoms with van der Waals surface area (Å²) in [4.78, 5) is 0. The summed E-state index contributed by atoms with van der Waals surface area (Å²) in [6.07, 6.45) is 0. The summed E-state index contributed by atoms with van der Waals surface area (Å²) in [5.41, 5.74) is 4.53. The van der Waals surface area contributed by atoms with Gasteiger partial charge in [-0.25, -0.2) is 0 Å². The van der Waals surface area contributed by atoms with Gasteiger partial charge in [-0.2, -0.15) is 5.10 Å². The van der Waals surface area contributed by atoms with Crippen molar-refractivity contribution >= 4 is 37.5 Å². The highest BCUT2D eigenvalue weighted by Gasteiger charge is 2.10. The van der Waals surface area contributed by atoms with E-state index < -0.39 is 0 Å². The maximum absolute atomic E-state index is 4.38. The number of hydrogen-bond acceptors (Lipinski definition) is 2. The molecule has 1 aromatic carbocycles. The molecule has 0 saturated heterocycles. The molecule has 2 rings (SSSR count). The molecule has 0 bridgehead atoms. The Morgan fingerprint density at radius 2 is 2.00 bits per heavy atom. The van der Waals surface area contributed by atoms with Crippen LogP contribution in [0.4, 0.5) is 5.69 Å². The Kier molecular flexibility index (Phi) is 4.12. The zero-order valence-electron chi connectivity index (χ0n) is 10.6. The van der Waals surface area contributed by atoms with E-state index in [4.69, 9.17) is 0 Å². The van der Waals surface area contributed by atoms with Crippen LogP contribution in [0.25, 0.3) is 0 Å². The number of aromatic nitrogens is 2. The largest absolute Gasteiger partial charge is 0.379 e. The highest BCUT2D eigenvalue weighted by atomic mass is 79.9. The lowest BCUT2D eigenvalue weighted by molar-refractivity contribution is 0.712. The molecule has 96 valence electrons. The summed E-state index contributed by atoms with van der Waals surface area (Å²) in [7, 11) is 1.96. The second-order valence-corrected chi connectivity index (χ2v) is 5.99. The van der Waals surface area contributed by atoms with Gasteiger partial charge in [0.25, 0.3) is 0 Å². The number of hydrogen-bond donors (Lipinski definition) is 1. The SMILES string of the molecule is Cc1cc(Br)ccc1NCc1c(Br)c(C)nn1C. The molecule has 0 aliphatic heterocycles. The Labute approximate surface area is 124 Å². The average molecular weight is 373 g/mol. The normalized spacial score (nSPS) is 10.7. The number of anilines is 1. The monoisotopic (exact) mass is 371 g/mol. The number of rotatable bonds is 3. The Hall–Kier alpha value is -0.810. The van der Waals surface area contributed by atoms with Crippen molar-refractivity contribution in [3.8, 4) is 0 Å². The molecule has 0 amide bonds. The van der Waals surface area contributed by atoms with E-state index in [9.17, 15) is 0 Å². The molecule has 5 heteroatoms. The zero-order chi connectivity index (χ0) is 13.3. The van der Waals surface area contributed by atoms with Crippen molar-refractivity contribution in [1.82, 2.24) is 9.78 Å². The van der Waals surface area contributed by atoms with Gasteiger partial charge in [0, 0.05) is 17.2 Å². The maximum atomic E-state index is 4.38. The first-order chi connectivity index (χ1) is 8.49. The van der Waals surface area contributed by atoms with Gasteiger partial charge >= 0.3 is 0 Å². The predicted molar refractivity (Wildman–Crippen MR) is 81.9 cm³/mol. The van der Waals surface area contributed by atoms with Crippen molar-refractivity contribution in [3.05, 3.63) is 44.1 Å². The molecule has 0 saturated carbocycles. The molecule has 1 N–H and O–H groups in total. The van der Waals surface area contributed by atoms with E-state index in [1.807, 2.05) is 24.7 Å². The van der Waals surface area contributed by atoms with Crippen LogP contribution in [0.15, 0.2) is 27.1 Å². The van der Waals surface area contributed by atoms with E-state index in [0.29, 0.717) is 0 Å². The smallest absolute Gasteiger partial charge is 0.0739 e. The van der Waals surface area contributed by atoms with Gasteiger partial charge in [-0.15, -0.1) is 0 Å². The summed E-state index contributed by atoms with van der Waals surface area (Å²) in [6.45, 7) is 4.84. The fourth-order valence-corrected chi connectivity index (χ4v) is 2.83. The molecule has 1 aromatic heterocycles. The highest BCUT2D eigenvalue weighted by Crippen LogP contribution is 2.23. The van der Waals surface area contributed by atoms with Crippen LogP contribution < -0.4 is 5.32 Å². The highest BCUT2D eigenvalue weighted by molar-refractivity contribution is 9.10. The van der Waals surface area contributed by atoms with Gasteiger partial charge in [0.15, 0.2) is 0 Å². The predicted octanol–water partition coefficient (Wildman–Crippen LogP) is 4.17. The van der Waals surface area contributed by atoms with E-state index >= 15 is 0 Å². The van der Waals surface area contributed by atoms with Crippen molar-refractivity contribution in [1.29, 1.82) is 0 Å². The van der Waals surface area contributed by atoms with Gasteiger partial charge < -0.3 is 5.32 Å². The van der Waals surface area contributed by atoms with E-state index in [2.05, 4.69) is 61.3 Å². The minimum atomic E-state index is 0.750. The Bertz CT molecular complexity index is 576. The van der Waals surface area contributed by atoms with E-state index in [-0.39, 0.29) is 0 Å². The number of benzene rings is 1. The molecule has 0 unspecified atom stereocenters. The summed E-state index contributed by atoms with van der Waals surface area (Å²) in [5, 5.41) is 7.82. The van der Waals surface area contributed by atoms with Gasteiger partial charge in [-0.1, -0.05) is 15.9 Å². The first-order valence-corrected chi connectivity index (χ1v) is 7.25. The molecule has 2 aromatic rings. The molecular formula is C13H15Br2N3. The molecule has 0 radical (unpaired) electrons. The van der Waals surface area contributed by atoms with Gasteiger partial charge in [-0.3, -0.25) is 4.68 Å². The minimum Gasteiger partial charge on any atom is -0.379 e. The van der Waals surface area contributed by atoms with E-state index in [1.165, 1.54) is 5.56 Å². The third kappa shape index (κ3) is 2.78. The van der Waals surface area contributed by atoms with Gasteiger partial charge in [0.05, 0.1) is 22.4 Å². The summed E-state index contributed by atoms with van der Waals surface area (Å²) in [5.74, 6) is 0. The second-order valence-electron chi connectivity index (χ2n) is 4.28. The van der Waals surface area contributed by atoms with Crippen molar-refractivity contribution < 1.29 is 0 Å². The van der Waals surface area contributed by atoms with Crippen LogP contribution in [0.1, 0.15) is 17.0 Å². The molecular weight excluding hydrogens is 358 g/mol. The maximum Gasteiger partial charge on any atom is 0.0739 e. The summed E-state index contributed by atoms with van der Waals surface area (Å²) < 4.78 is 4.08. The van der Waals surface area contributed by atoms with Crippen molar-refractivity contribution in [2.24, 2.45) is 7.05 Å². The molecule has 0 spiro atoms. The van der Waals surface area contributed by atoms with Crippen molar-refractivity contribution in [2.75, 3.05) is 5.32 Å². The van der Waals surface area contributed by atoms with Crippen LogP contribution >= 0.6 is 31.9 Å². The number of aryl methyl sites for hydroxylation is 3. The van der Waals surface area contributed by atoms with Gasteiger partial charge in [0.2, 0.25) is 0 Å². The van der Waals surface area contributed by atoms with Crippen molar-refractivity contribution in [3.63, 3.8) is 0 Å². The fourth-order valence-electron chi connectivity index (χ4n) is 1.88. The van der Waals surface area contributed by atoms with Crippen LogP contribution in [-0.4, -0.2) is 9.78 Å². The minimum absolute atomic E-state index is 0.750. The van der Waals surface area contributed by atoms with Gasteiger partial charge in [-0.05, 0) is 53.5 Å². The van der Waals surface area contributed by atoms with Crippen LogP contribution in [0.2, 0.25) is 0 Å². The van der Waals surface area contributed by atoms with E-state index in [1.54, 1.807) is 0 Å². The van der Waals surface area contributed by atoms with Gasteiger partial charge in [0.1, 0.15) is 0 Å². The summed E-state index contributed by atoms with van der Waals surface area (Å²) >= 11 is 7.04. The Balaban J connectivity index is 2.16. The van der Waals surface area contributed by atoms with Crippen LogP contribution in [-0.2, 0) is 13.6 Å². The molecule has 0 atom stereocenters. The zero-order valence-corrected chi connectivity index (χ0v) is 13.8. The van der Waals surface area contributed by atoms with Crippen LogP contribution in [0.3, 0.4) is 0 Å². The quantitative estimate of drug-likeness (QED) is 0.875. The molecule has 0 aliphatic rings. The number of halogens is 2. The third-order valence-electron chi connectivity index (χ3n) is 2.90. The van der Waals surface area contributed by atoms with Crippen LogP contribution in [0.5, 0.6) is 0 Å². The Morgan fingerprint density at radius 3 is 2.56 bits per heavy atom. The molecule has 18 heavy (non-hydrogen) atoms. The lowest BCUT2D eigenvalue weighted by Crippen LogP contribution is -2.06. The summed E-state index contributed by atoms with van der Waals surface area (Å²) in [6, 6.07) is 6.22. The van der Waals surface area contributed by atoms with Crippen LogP contribution in [0, 0.1) is 13.8 Å². The molecule has 3 nitrogen and oxygen atoms in total. The topological polar surface area (TPSA) is 29.9 Å². The molecule has 0 aliphatic carbocycles. The van der Waals surface area contributed by atoms with Crippen molar-refractivity contribution in [2.45, 2.75) is 20.4 Å². The number of nitrogens with zero attached hydrogens (tertiary/aromatic N) is 2. The molecule has 1 heterocycles. The first kappa shape index (κ1) is 13.6. The Morgan fingerprint density at radius 1 is 1.28 bits per heavy atom. The second kappa shape index (κ2) is 5.45. The average Bonchev–Trinajstić information content (AvgIpc) is 2.53. The van der Waals surface area contributed by atoms with E-state index in [0.717, 1.165) is 32.6 Å². The standard InChI is InChI=1S/C13H15Br2N3/c1-8-6-10(14)4-5-11(8)16-7-12-13(15)9(2)17-18(12)3/h4-6,16H,7H2,1-3H3. The lowest BCUT2D eigenvalue weighted by Gasteiger charge is -2.10. The number of nitrogens with one attached hydrogen (secondary N) is 1. The first-order valence-electron chi connectivity index (χ1n) is 5.67. The fraction of sp³-hybridized carbons (Fsp3) is 0.308.